The van der Waals surface area contributed by atoms with Crippen molar-refractivity contribution in [1.82, 2.24) is 15.3 Å². The number of hydrogen-bond donors (Lipinski definition) is 1. The zero-order chi connectivity index (χ0) is 25.5. The predicted molar refractivity (Wildman–Crippen MR) is 141 cm³/mol. The van der Waals surface area contributed by atoms with Crippen LogP contribution in [-0.2, 0) is 22.7 Å². The zero-order valence-electron chi connectivity index (χ0n) is 21.1. The third-order valence-corrected chi connectivity index (χ3v) is 6.37. The predicted octanol–water partition coefficient (Wildman–Crippen LogP) is 4.47. The molecule has 2 amide bonds. The molecular formula is C28H39FN4O3. The van der Waals surface area contributed by atoms with Gasteiger partial charge in [0.2, 0.25) is 5.91 Å². The number of rotatable bonds is 11. The highest BCUT2D eigenvalue weighted by Gasteiger charge is 2.27. The highest BCUT2D eigenvalue weighted by atomic mass is 19.1. The smallest absolute Gasteiger partial charge is 0.256 e. The Morgan fingerprint density at radius 3 is 2.42 bits per heavy atom. The summed E-state index contributed by atoms with van der Waals surface area (Å²) in [5.41, 5.74) is 3.98. The Morgan fingerprint density at radius 2 is 1.75 bits per heavy atom. The molecule has 0 saturated carbocycles. The van der Waals surface area contributed by atoms with Gasteiger partial charge in [0, 0.05) is 37.9 Å². The molecular weight excluding hydrogens is 459 g/mol. The Bertz CT molecular complexity index is 1090. The van der Waals surface area contributed by atoms with Crippen LogP contribution in [0.1, 0.15) is 67.6 Å². The number of carbonyl (C=O) groups is 3. The maximum atomic E-state index is 13.6. The first-order chi connectivity index (χ1) is 16.7. The van der Waals surface area contributed by atoms with E-state index < -0.39 is 0 Å². The number of nitrogens with zero attached hydrogens (tertiary/aromatic N) is 3. The molecule has 0 fully saturated rings. The second-order valence-electron chi connectivity index (χ2n) is 9.12. The summed E-state index contributed by atoms with van der Waals surface area (Å²) in [6.07, 6.45) is 3.02. The van der Waals surface area contributed by atoms with Crippen molar-refractivity contribution < 1.29 is 18.8 Å². The van der Waals surface area contributed by atoms with Gasteiger partial charge in [0.05, 0.1) is 13.1 Å². The fraction of sp³-hybridized carbons (Fsp3) is 0.464. The van der Waals surface area contributed by atoms with Crippen LogP contribution >= 0.6 is 0 Å². The summed E-state index contributed by atoms with van der Waals surface area (Å²) in [5, 5.41) is 6.34. The molecule has 3 rings (SSSR count). The number of hydrazine groups is 1. The number of ketones is 1. The first kappa shape index (κ1) is 29.0. The number of likely N-dealkylation sites (N-methyl/N-ethyl adjacent to an activating group) is 1. The van der Waals surface area contributed by atoms with Gasteiger partial charge in [0.15, 0.2) is 5.78 Å². The molecule has 0 atom stereocenters. The molecule has 0 aliphatic carbocycles. The molecule has 1 heterocycles. The number of aryl methyl sites for hydroxylation is 1. The van der Waals surface area contributed by atoms with Gasteiger partial charge < -0.3 is 10.2 Å². The number of hydrogen-bond acceptors (Lipinski definition) is 5. The van der Waals surface area contributed by atoms with Gasteiger partial charge in [-0.15, -0.1) is 0 Å². The van der Waals surface area contributed by atoms with Gasteiger partial charge in [0.25, 0.3) is 5.91 Å². The van der Waals surface area contributed by atoms with Gasteiger partial charge in [0.1, 0.15) is 5.82 Å². The van der Waals surface area contributed by atoms with E-state index in [9.17, 15) is 18.8 Å². The minimum absolute atomic E-state index is 0. The fourth-order valence-electron chi connectivity index (χ4n) is 4.27. The highest BCUT2D eigenvalue weighted by Crippen LogP contribution is 2.25. The maximum Gasteiger partial charge on any atom is 0.256 e. The van der Waals surface area contributed by atoms with Crippen molar-refractivity contribution in [2.45, 2.75) is 60.5 Å². The van der Waals surface area contributed by atoms with Crippen molar-refractivity contribution in [3.63, 3.8) is 0 Å². The molecule has 196 valence electrons. The fourth-order valence-corrected chi connectivity index (χ4v) is 4.27. The van der Waals surface area contributed by atoms with Gasteiger partial charge in [-0.3, -0.25) is 19.4 Å². The molecule has 2 aromatic carbocycles. The second-order valence-corrected chi connectivity index (χ2v) is 9.12. The number of unbranched alkanes of at least 4 members (excludes halogenated alkanes) is 2. The number of fused-ring (bicyclic) bond motifs is 1. The van der Waals surface area contributed by atoms with Crippen LogP contribution in [0.25, 0.3) is 0 Å². The van der Waals surface area contributed by atoms with Gasteiger partial charge >= 0.3 is 0 Å². The summed E-state index contributed by atoms with van der Waals surface area (Å²) < 4.78 is 13.6. The first-order valence-electron chi connectivity index (χ1n) is 12.1. The van der Waals surface area contributed by atoms with E-state index >= 15 is 0 Å². The van der Waals surface area contributed by atoms with Crippen LogP contribution in [0.3, 0.4) is 0 Å². The lowest BCUT2D eigenvalue weighted by molar-refractivity contribution is -0.145. The third kappa shape index (κ3) is 7.37. The molecule has 0 unspecified atom stereocenters. The largest absolute Gasteiger partial charge is 0.355 e. The summed E-state index contributed by atoms with van der Waals surface area (Å²) >= 11 is 0. The number of nitrogens with one attached hydrogen (secondary N) is 1. The Balaban J connectivity index is 0.00000456. The zero-order valence-corrected chi connectivity index (χ0v) is 21.1. The van der Waals surface area contributed by atoms with E-state index in [1.807, 2.05) is 11.9 Å². The number of Topliss-reactive ketones (excluding diaryl/α,β-unsaturated/α-hetero) is 1. The van der Waals surface area contributed by atoms with Crippen LogP contribution in [0.15, 0.2) is 36.4 Å². The molecule has 1 aliphatic rings. The number of benzene rings is 2. The van der Waals surface area contributed by atoms with Crippen LogP contribution in [0.2, 0.25) is 0 Å². The van der Waals surface area contributed by atoms with E-state index in [1.165, 1.54) is 19.1 Å². The van der Waals surface area contributed by atoms with E-state index in [0.717, 1.165) is 41.6 Å². The average molecular weight is 499 g/mol. The number of anilines is 1. The molecule has 0 bridgehead atoms. The number of halogens is 1. The van der Waals surface area contributed by atoms with Crippen LogP contribution in [-0.4, -0.2) is 54.3 Å². The molecule has 36 heavy (non-hydrogen) atoms. The molecule has 1 aliphatic heterocycles. The van der Waals surface area contributed by atoms with Gasteiger partial charge in [-0.1, -0.05) is 33.3 Å². The lowest BCUT2D eigenvalue weighted by Crippen LogP contribution is -2.48. The van der Waals surface area contributed by atoms with Gasteiger partial charge in [-0.05, 0) is 67.3 Å². The normalized spacial score (nSPS) is 12.5. The lowest BCUT2D eigenvalue weighted by Gasteiger charge is -2.32. The van der Waals surface area contributed by atoms with E-state index in [2.05, 4.69) is 12.2 Å². The van der Waals surface area contributed by atoms with Crippen molar-refractivity contribution >= 4 is 23.3 Å². The summed E-state index contributed by atoms with van der Waals surface area (Å²) in [7, 11) is 1.69. The summed E-state index contributed by atoms with van der Waals surface area (Å²) in [5.74, 6) is -0.677. The van der Waals surface area contributed by atoms with Crippen molar-refractivity contribution in [1.29, 1.82) is 0 Å². The first-order valence-corrected chi connectivity index (χ1v) is 12.1. The van der Waals surface area contributed by atoms with Gasteiger partial charge in [-0.2, -0.15) is 0 Å². The number of amides is 2. The molecule has 2 aromatic rings. The quantitative estimate of drug-likeness (QED) is 0.365. The minimum atomic E-state index is -0.291. The molecule has 7 nitrogen and oxygen atoms in total. The Labute approximate surface area is 214 Å². The van der Waals surface area contributed by atoms with E-state index in [4.69, 9.17) is 0 Å². The highest BCUT2D eigenvalue weighted by molar-refractivity contribution is 5.95. The second kappa shape index (κ2) is 13.2. The van der Waals surface area contributed by atoms with Gasteiger partial charge in [-0.25, -0.2) is 9.40 Å². The minimum Gasteiger partial charge on any atom is -0.355 e. The van der Waals surface area contributed by atoms with Crippen molar-refractivity contribution in [2.24, 2.45) is 0 Å². The summed E-state index contributed by atoms with van der Waals surface area (Å²) in [4.78, 5) is 39.5. The third-order valence-electron chi connectivity index (χ3n) is 6.37. The molecule has 0 radical (unpaired) electrons. The van der Waals surface area contributed by atoms with Crippen LogP contribution in [0, 0.1) is 12.7 Å². The molecule has 0 saturated heterocycles. The van der Waals surface area contributed by atoms with Crippen LogP contribution in [0.5, 0.6) is 0 Å². The van der Waals surface area contributed by atoms with E-state index in [1.54, 1.807) is 41.2 Å². The van der Waals surface area contributed by atoms with Crippen molar-refractivity contribution in [3.05, 3.63) is 64.5 Å². The Morgan fingerprint density at radius 1 is 1.03 bits per heavy atom. The molecule has 0 spiro atoms. The average Bonchev–Trinajstić information content (AvgIpc) is 3.24. The summed E-state index contributed by atoms with van der Waals surface area (Å²) in [6.45, 7) is 7.05. The molecule has 1 N–H and O–H groups in total. The molecule has 8 heteroatoms. The number of carbonyl (C=O) groups excluding carboxylic acids is 3. The van der Waals surface area contributed by atoms with Crippen LogP contribution < -0.4 is 10.2 Å². The van der Waals surface area contributed by atoms with Crippen LogP contribution in [0.4, 0.5) is 10.1 Å². The van der Waals surface area contributed by atoms with E-state index in [-0.39, 0.29) is 43.9 Å². The topological polar surface area (TPSA) is 73.0 Å². The Kier molecular flexibility index (Phi) is 10.6. The Hall–Kier alpha value is -3.26. The maximum absolute atomic E-state index is 13.6. The van der Waals surface area contributed by atoms with Crippen molar-refractivity contribution in [3.8, 4) is 0 Å². The SMILES string of the molecule is C.CCCCCNC(=O)CN(CC(=O)N(C)N1Cc2ccc(F)cc2C1)c1ccc(C(C)=O)cc1C. The monoisotopic (exact) mass is 498 g/mol. The summed E-state index contributed by atoms with van der Waals surface area (Å²) in [6, 6.07) is 9.97. The van der Waals surface area contributed by atoms with E-state index in [0.29, 0.717) is 25.2 Å². The standard InChI is InChI=1S/C27H35FN4O3.CH4/c1-5-6-7-12-29-26(34)17-31(25-11-9-21(20(3)33)13-19(25)2)18-27(35)30(4)32-15-22-8-10-24(28)14-23(22)16-32;/h8-11,13-14H,5-7,12,15-18H2,1-4H3,(H,29,34);1H4. The van der Waals surface area contributed by atoms with Crippen molar-refractivity contribution in [2.75, 3.05) is 31.6 Å². The molecule has 0 aromatic heterocycles. The lowest BCUT2D eigenvalue weighted by atomic mass is 10.1.